The lowest BCUT2D eigenvalue weighted by Crippen LogP contribution is -2.81. The number of rotatable bonds is 7. The van der Waals surface area contributed by atoms with E-state index in [2.05, 4.69) is 15.2 Å². The van der Waals surface area contributed by atoms with Crippen molar-refractivity contribution in [1.82, 2.24) is 15.2 Å². The number of nitrogens with one attached hydrogen (secondary N) is 2. The van der Waals surface area contributed by atoms with Crippen LogP contribution in [-0.2, 0) is 45.8 Å². The summed E-state index contributed by atoms with van der Waals surface area (Å²) in [6.07, 6.45) is 5.12. The first kappa shape index (κ1) is 42.2. The molecule has 1 aliphatic carbocycles. The number of ether oxygens (including phenoxy) is 4. The third-order valence-electron chi connectivity index (χ3n) is 15.1. The van der Waals surface area contributed by atoms with E-state index < -0.39 is 63.3 Å². The number of H-pyrrole nitrogens is 1. The van der Waals surface area contributed by atoms with Gasteiger partial charge in [-0.3, -0.25) is 14.5 Å². The molecule has 1 saturated carbocycles. The zero-order valence-corrected chi connectivity index (χ0v) is 35.9. The highest BCUT2D eigenvalue weighted by molar-refractivity contribution is 5.95. The molecule has 1 saturated heterocycles. The Kier molecular flexibility index (Phi) is 10.4. The second kappa shape index (κ2) is 14.8. The number of esters is 3. The number of aromatic nitrogens is 1. The van der Waals surface area contributed by atoms with Gasteiger partial charge in [-0.05, 0) is 92.9 Å². The molecule has 2 aromatic carbocycles. The molecule has 9 atom stereocenters. The molecule has 1 spiro atoms. The first-order chi connectivity index (χ1) is 28.6. The number of carbonyl (C=O) groups is 3. The molecule has 13 nitrogen and oxygen atoms in total. The lowest BCUT2D eigenvalue weighted by molar-refractivity contribution is -0.228. The number of carbonyl (C=O) groups excluding carboxylic acids is 3. The number of likely N-dealkylation sites (N-methyl/N-ethyl adjacent to an activating group) is 1. The van der Waals surface area contributed by atoms with Crippen molar-refractivity contribution < 1.29 is 47.9 Å². The van der Waals surface area contributed by atoms with Crippen molar-refractivity contribution in [3.05, 3.63) is 70.7 Å². The second-order valence-corrected chi connectivity index (χ2v) is 18.0. The van der Waals surface area contributed by atoms with Gasteiger partial charge in [-0.2, -0.15) is 0 Å². The number of β-amino-alcohol motifs (C(OH)–C–C–N with tert-alkyl or cyclic N) is 1. The molecule has 2 fully saturated rings. The Bertz CT molecular complexity index is 2260. The molecule has 324 valence electrons. The number of halogens is 1. The molecule has 8 rings (SSSR count). The number of anilines is 1. The van der Waals surface area contributed by atoms with Crippen LogP contribution in [0.4, 0.5) is 10.1 Å². The van der Waals surface area contributed by atoms with Crippen LogP contribution in [0.5, 0.6) is 5.75 Å². The van der Waals surface area contributed by atoms with Crippen molar-refractivity contribution >= 4 is 34.5 Å². The Hall–Kier alpha value is -4.50. The third kappa shape index (κ3) is 5.65. The van der Waals surface area contributed by atoms with Gasteiger partial charge in [-0.25, -0.2) is 9.18 Å². The largest absolute Gasteiger partial charge is 0.496 e. The Morgan fingerprint density at radius 1 is 0.983 bits per heavy atom. The molecule has 0 radical (unpaired) electrons. The van der Waals surface area contributed by atoms with E-state index in [0.29, 0.717) is 91.9 Å². The fourth-order valence-corrected chi connectivity index (χ4v) is 12.9. The topological polar surface area (TPSA) is 163 Å². The predicted octanol–water partition coefficient (Wildman–Crippen LogP) is 4.42. The maximum atomic E-state index is 15.3. The highest BCUT2D eigenvalue weighted by Crippen LogP contribution is 2.68. The van der Waals surface area contributed by atoms with E-state index >= 15 is 9.18 Å². The smallest absolute Gasteiger partial charge is 0.344 e. The van der Waals surface area contributed by atoms with Crippen LogP contribution in [0.3, 0.4) is 0 Å². The van der Waals surface area contributed by atoms with Crippen LogP contribution in [0.2, 0.25) is 0 Å². The van der Waals surface area contributed by atoms with Gasteiger partial charge in [-0.1, -0.05) is 32.9 Å². The Morgan fingerprint density at radius 3 is 2.40 bits per heavy atom. The molecule has 0 amide bonds. The Balaban J connectivity index is 1.47. The van der Waals surface area contributed by atoms with Crippen LogP contribution in [0.15, 0.2) is 42.5 Å². The summed E-state index contributed by atoms with van der Waals surface area (Å²) >= 11 is 0. The fraction of sp³-hybridized carbons (Fsp3) is 0.587. The van der Waals surface area contributed by atoms with Gasteiger partial charge in [0.1, 0.15) is 17.0 Å². The first-order valence-electron chi connectivity index (χ1n) is 21.2. The van der Waals surface area contributed by atoms with E-state index in [1.807, 2.05) is 57.0 Å². The highest BCUT2D eigenvalue weighted by atomic mass is 19.1. The van der Waals surface area contributed by atoms with E-state index in [1.54, 1.807) is 13.2 Å². The monoisotopic (exact) mass is 830 g/mol. The van der Waals surface area contributed by atoms with E-state index in [4.69, 9.17) is 18.9 Å². The zero-order valence-electron chi connectivity index (χ0n) is 35.9. The average Bonchev–Trinajstić information content (AvgIpc) is 3.88. The summed E-state index contributed by atoms with van der Waals surface area (Å²) in [5.74, 6) is -2.42. The van der Waals surface area contributed by atoms with Crippen LogP contribution in [0, 0.1) is 17.2 Å². The maximum Gasteiger partial charge on any atom is 0.344 e. The summed E-state index contributed by atoms with van der Waals surface area (Å²) in [5.41, 5.74) is -3.09. The minimum atomic E-state index is -2.35. The molecule has 2 unspecified atom stereocenters. The summed E-state index contributed by atoms with van der Waals surface area (Å²) in [6, 6.07) is 7.11. The number of aliphatic hydroxyl groups is 2. The van der Waals surface area contributed by atoms with Crippen LogP contribution in [0.25, 0.3) is 10.9 Å². The summed E-state index contributed by atoms with van der Waals surface area (Å²) < 4.78 is 38.9. The molecule has 14 heteroatoms. The molecular weight excluding hydrogens is 772 g/mol. The summed E-state index contributed by atoms with van der Waals surface area (Å²) in [6.45, 7) is 9.24. The van der Waals surface area contributed by atoms with Crippen LogP contribution < -0.4 is 15.0 Å². The van der Waals surface area contributed by atoms with Crippen molar-refractivity contribution in [2.75, 3.05) is 59.5 Å². The first-order valence-corrected chi connectivity index (χ1v) is 21.2. The SMILES string of the molecule is CCC1(O)CNCCc2c([nH]c3ccc(F)cc23)[C@@](C(=O)OC)(c2cc3c(cc2OC)N(C)C2[C@]34CCN3CC=C[C@@](CC)([C@@H](OC(C)=O)[C@]2(O)C(=O)OC)[C@H]34)C[C@H](C)C1. The van der Waals surface area contributed by atoms with Crippen LogP contribution >= 0.6 is 0 Å². The van der Waals surface area contributed by atoms with Crippen molar-refractivity contribution in [1.29, 1.82) is 0 Å². The molecular formula is C46H59FN4O9. The number of benzene rings is 2. The molecule has 60 heavy (non-hydrogen) atoms. The third-order valence-corrected chi connectivity index (χ3v) is 15.1. The molecule has 4 N–H and O–H groups in total. The highest BCUT2D eigenvalue weighted by Gasteiger charge is 2.80. The van der Waals surface area contributed by atoms with Crippen LogP contribution in [0.1, 0.15) is 82.2 Å². The molecule has 4 aliphatic heterocycles. The number of nitrogens with zero attached hydrogens (tertiary/aromatic N) is 2. The van der Waals surface area contributed by atoms with E-state index in [0.717, 1.165) is 11.1 Å². The predicted molar refractivity (Wildman–Crippen MR) is 222 cm³/mol. The molecule has 3 aromatic rings. The number of fused-ring (bicyclic) bond motifs is 4. The lowest BCUT2D eigenvalue weighted by Gasteiger charge is -2.63. The summed E-state index contributed by atoms with van der Waals surface area (Å²) in [4.78, 5) is 50.5. The van der Waals surface area contributed by atoms with Gasteiger partial charge in [0, 0.05) is 77.8 Å². The number of methoxy groups -OCH3 is 3. The minimum absolute atomic E-state index is 0.184. The lowest BCUT2D eigenvalue weighted by atomic mass is 9.47. The van der Waals surface area contributed by atoms with Gasteiger partial charge in [0.25, 0.3) is 0 Å². The van der Waals surface area contributed by atoms with Gasteiger partial charge >= 0.3 is 17.9 Å². The maximum absolute atomic E-state index is 15.3. The van der Waals surface area contributed by atoms with Gasteiger partial charge in [0.05, 0.1) is 33.0 Å². The van der Waals surface area contributed by atoms with Crippen molar-refractivity contribution in [3.63, 3.8) is 0 Å². The number of hydrogen-bond donors (Lipinski definition) is 4. The van der Waals surface area contributed by atoms with Gasteiger partial charge in [0.15, 0.2) is 6.10 Å². The van der Waals surface area contributed by atoms with Gasteiger partial charge < -0.3 is 44.4 Å². The number of aromatic amines is 1. The normalized spacial score (nSPS) is 34.8. The van der Waals surface area contributed by atoms with Crippen molar-refractivity contribution in [2.45, 2.75) is 106 Å². The minimum Gasteiger partial charge on any atom is -0.496 e. The molecule has 5 heterocycles. The fourth-order valence-electron chi connectivity index (χ4n) is 12.9. The Labute approximate surface area is 350 Å². The van der Waals surface area contributed by atoms with Crippen LogP contribution in [-0.4, -0.2) is 122 Å². The summed E-state index contributed by atoms with van der Waals surface area (Å²) in [7, 11) is 5.95. The van der Waals surface area contributed by atoms with E-state index in [1.165, 1.54) is 33.3 Å². The van der Waals surface area contributed by atoms with Crippen molar-refractivity contribution in [3.8, 4) is 5.75 Å². The molecule has 5 aliphatic rings. The second-order valence-electron chi connectivity index (χ2n) is 18.0. The van der Waals surface area contributed by atoms with E-state index in [9.17, 15) is 19.8 Å². The average molecular weight is 831 g/mol. The standard InChI is InChI=1S/C46H59FN4O9/c1-9-42(55)23-26(3)24-45(40(53)58-7,36-29(14-17-48-25-42)30-20-28(47)12-13-33(30)49-36)32-21-31-34(22-35(32)57-6)50(5)38-44(31)16-19-51-18-11-15-43(10-2,37(44)51)39(60-27(4)52)46(38,56)41(54)59-8/h11-13,15,20-22,26,37-39,48-49,55-56H,9-10,14,16-19,23-25H2,1-8H3/t26-,37+,38?,39-,42?,43-,44-,45+,46+/m1/s1. The molecule has 1 aromatic heterocycles. The van der Waals surface area contributed by atoms with Gasteiger partial charge in [-0.15, -0.1) is 0 Å². The molecule has 0 bridgehead atoms. The van der Waals surface area contributed by atoms with E-state index in [-0.39, 0.29) is 18.4 Å². The van der Waals surface area contributed by atoms with Gasteiger partial charge in [0.2, 0.25) is 5.60 Å². The number of hydrogen-bond acceptors (Lipinski definition) is 12. The van der Waals surface area contributed by atoms with Crippen molar-refractivity contribution in [2.24, 2.45) is 11.3 Å². The Morgan fingerprint density at radius 2 is 1.73 bits per heavy atom. The quantitative estimate of drug-likeness (QED) is 0.151. The zero-order chi connectivity index (χ0) is 43.2. The summed E-state index contributed by atoms with van der Waals surface area (Å²) in [5, 5.41) is 29.3.